The molecule has 1 N–H and O–H groups in total. The third-order valence-corrected chi connectivity index (χ3v) is 4.16. The zero-order valence-electron chi connectivity index (χ0n) is 13.8. The Morgan fingerprint density at radius 2 is 2.04 bits per heavy atom. The summed E-state index contributed by atoms with van der Waals surface area (Å²) in [5.41, 5.74) is -1.00. The number of halogens is 3. The minimum atomic E-state index is -4.61. The van der Waals surface area contributed by atoms with Gasteiger partial charge in [0.1, 0.15) is 12.4 Å². The van der Waals surface area contributed by atoms with Gasteiger partial charge in [-0.05, 0) is 19.4 Å². The van der Waals surface area contributed by atoms with E-state index in [9.17, 15) is 27.6 Å². The number of amides is 1. The average Bonchev–Trinajstić information content (AvgIpc) is 2.55. The maximum Gasteiger partial charge on any atom is 0.417 e. The van der Waals surface area contributed by atoms with Crippen LogP contribution in [0.5, 0.6) is 0 Å². The molecule has 2 aromatic heterocycles. The highest BCUT2D eigenvalue weighted by atomic mass is 19.4. The van der Waals surface area contributed by atoms with E-state index >= 15 is 0 Å². The SMILES string of the molecule is Cc1nc2c(c(=O)[nH]1)CCN(C(=O)Cn1cc(C(F)(F)F)ccc1=O)C2. The minimum Gasteiger partial charge on any atom is -0.335 e. The van der Waals surface area contributed by atoms with Gasteiger partial charge in [0.05, 0.1) is 17.8 Å². The molecule has 1 aliphatic heterocycles. The van der Waals surface area contributed by atoms with Crippen molar-refractivity contribution >= 4 is 5.91 Å². The fourth-order valence-corrected chi connectivity index (χ4v) is 2.85. The summed E-state index contributed by atoms with van der Waals surface area (Å²) in [6, 6.07) is 1.46. The molecule has 0 spiro atoms. The van der Waals surface area contributed by atoms with Crippen molar-refractivity contribution in [1.82, 2.24) is 19.4 Å². The molecule has 1 amide bonds. The molecule has 138 valence electrons. The van der Waals surface area contributed by atoms with Crippen molar-refractivity contribution in [3.63, 3.8) is 0 Å². The zero-order valence-corrected chi connectivity index (χ0v) is 13.8. The van der Waals surface area contributed by atoms with E-state index < -0.39 is 29.8 Å². The van der Waals surface area contributed by atoms with Gasteiger partial charge < -0.3 is 14.5 Å². The smallest absolute Gasteiger partial charge is 0.335 e. The second kappa shape index (κ2) is 6.43. The van der Waals surface area contributed by atoms with Gasteiger partial charge in [-0.15, -0.1) is 0 Å². The number of carbonyl (C=O) groups excluding carboxylic acids is 1. The van der Waals surface area contributed by atoms with Crippen LogP contribution in [-0.2, 0) is 30.5 Å². The van der Waals surface area contributed by atoms with Gasteiger partial charge in [-0.1, -0.05) is 0 Å². The molecule has 10 heteroatoms. The number of nitrogens with one attached hydrogen (secondary N) is 1. The molecule has 0 unspecified atom stereocenters. The molecule has 0 fully saturated rings. The van der Waals surface area contributed by atoms with Crippen LogP contribution in [0.4, 0.5) is 13.2 Å². The van der Waals surface area contributed by atoms with Gasteiger partial charge in [0, 0.05) is 24.4 Å². The molecule has 2 aromatic rings. The first-order valence-corrected chi connectivity index (χ1v) is 7.79. The summed E-state index contributed by atoms with van der Waals surface area (Å²) in [6.45, 7) is 1.41. The number of aromatic nitrogens is 3. The number of alkyl halides is 3. The number of carbonyl (C=O) groups is 1. The topological polar surface area (TPSA) is 88.1 Å². The molecule has 0 atom stereocenters. The van der Waals surface area contributed by atoms with E-state index in [4.69, 9.17) is 0 Å². The lowest BCUT2D eigenvalue weighted by Gasteiger charge is -2.28. The molecule has 0 bridgehead atoms. The van der Waals surface area contributed by atoms with Gasteiger partial charge >= 0.3 is 6.18 Å². The molecule has 0 radical (unpaired) electrons. The van der Waals surface area contributed by atoms with Crippen LogP contribution >= 0.6 is 0 Å². The first-order valence-electron chi connectivity index (χ1n) is 7.79. The second-order valence-electron chi connectivity index (χ2n) is 6.02. The first-order chi connectivity index (χ1) is 12.1. The van der Waals surface area contributed by atoms with E-state index in [2.05, 4.69) is 9.97 Å². The van der Waals surface area contributed by atoms with Gasteiger partial charge in [0.15, 0.2) is 0 Å². The number of H-pyrrole nitrogens is 1. The number of aromatic amines is 1. The molecule has 0 aromatic carbocycles. The lowest BCUT2D eigenvalue weighted by Crippen LogP contribution is -2.42. The largest absolute Gasteiger partial charge is 0.417 e. The first kappa shape index (κ1) is 17.9. The van der Waals surface area contributed by atoms with Crippen molar-refractivity contribution in [1.29, 1.82) is 0 Å². The Morgan fingerprint density at radius 3 is 2.73 bits per heavy atom. The van der Waals surface area contributed by atoms with Crippen molar-refractivity contribution in [3.8, 4) is 0 Å². The van der Waals surface area contributed by atoms with E-state index in [1.165, 1.54) is 4.90 Å². The highest BCUT2D eigenvalue weighted by Crippen LogP contribution is 2.28. The minimum absolute atomic E-state index is 0.0760. The van der Waals surface area contributed by atoms with Crippen LogP contribution in [0.1, 0.15) is 22.6 Å². The predicted octanol–water partition coefficient (Wildman–Crippen LogP) is 0.844. The van der Waals surface area contributed by atoms with Crippen molar-refractivity contribution in [2.45, 2.75) is 32.6 Å². The molecule has 3 rings (SSSR count). The van der Waals surface area contributed by atoms with Crippen LogP contribution < -0.4 is 11.1 Å². The molecule has 0 saturated heterocycles. The van der Waals surface area contributed by atoms with Crippen LogP contribution in [0.25, 0.3) is 0 Å². The maximum absolute atomic E-state index is 12.8. The molecule has 1 aliphatic rings. The van der Waals surface area contributed by atoms with Crippen LogP contribution in [-0.4, -0.2) is 31.9 Å². The fraction of sp³-hybridized carbons (Fsp3) is 0.375. The molecule has 7 nitrogen and oxygen atoms in total. The summed E-state index contributed by atoms with van der Waals surface area (Å²) >= 11 is 0. The van der Waals surface area contributed by atoms with Gasteiger partial charge in [0.2, 0.25) is 5.91 Å². The quantitative estimate of drug-likeness (QED) is 0.851. The van der Waals surface area contributed by atoms with Crippen LogP contribution in [0.15, 0.2) is 27.9 Å². The Hall–Kier alpha value is -2.91. The van der Waals surface area contributed by atoms with Crippen LogP contribution in [0, 0.1) is 6.92 Å². The van der Waals surface area contributed by atoms with Crippen molar-refractivity contribution in [2.75, 3.05) is 6.54 Å². The number of fused-ring (bicyclic) bond motifs is 1. The third-order valence-electron chi connectivity index (χ3n) is 4.16. The number of aryl methyl sites for hydroxylation is 1. The van der Waals surface area contributed by atoms with E-state index in [1.807, 2.05) is 0 Å². The number of rotatable bonds is 2. The Balaban J connectivity index is 1.81. The van der Waals surface area contributed by atoms with Gasteiger partial charge in [-0.25, -0.2) is 4.98 Å². The molecular weight excluding hydrogens is 353 g/mol. The summed E-state index contributed by atoms with van der Waals surface area (Å²) in [6.07, 6.45) is -3.68. The standard InChI is InChI=1S/C16H15F3N4O3/c1-9-20-12-7-22(5-4-11(12)15(26)21-9)14(25)8-23-6-10(16(17,18)19)2-3-13(23)24/h2-3,6H,4-5,7-8H2,1H3,(H,20,21,26). The summed E-state index contributed by atoms with van der Waals surface area (Å²) in [7, 11) is 0. The Kier molecular flexibility index (Phi) is 4.43. The van der Waals surface area contributed by atoms with Crippen LogP contribution in [0.2, 0.25) is 0 Å². The number of pyridine rings is 1. The second-order valence-corrected chi connectivity index (χ2v) is 6.02. The van der Waals surface area contributed by atoms with Crippen LogP contribution in [0.3, 0.4) is 0 Å². The molecule has 0 aliphatic carbocycles. The Bertz CT molecular complexity index is 978. The third kappa shape index (κ3) is 3.53. The number of nitrogens with zero attached hydrogens (tertiary/aromatic N) is 3. The summed E-state index contributed by atoms with van der Waals surface area (Å²) in [4.78, 5) is 44.3. The summed E-state index contributed by atoms with van der Waals surface area (Å²) in [5.74, 6) is -0.103. The summed E-state index contributed by atoms with van der Waals surface area (Å²) in [5, 5.41) is 0. The highest BCUT2D eigenvalue weighted by molar-refractivity contribution is 5.76. The zero-order chi connectivity index (χ0) is 19.1. The van der Waals surface area contributed by atoms with E-state index in [-0.39, 0.29) is 18.6 Å². The molecule has 0 saturated carbocycles. The normalized spacial score (nSPS) is 14.2. The van der Waals surface area contributed by atoms with Crippen molar-refractivity contribution < 1.29 is 18.0 Å². The number of hydrogen-bond acceptors (Lipinski definition) is 4. The molecular formula is C16H15F3N4O3. The molecule has 26 heavy (non-hydrogen) atoms. The maximum atomic E-state index is 12.8. The highest BCUT2D eigenvalue weighted by Gasteiger charge is 2.31. The van der Waals surface area contributed by atoms with Crippen molar-refractivity contribution in [3.05, 3.63) is 61.7 Å². The van der Waals surface area contributed by atoms with Crippen molar-refractivity contribution in [2.24, 2.45) is 0 Å². The van der Waals surface area contributed by atoms with Gasteiger partial charge in [-0.2, -0.15) is 13.2 Å². The molecule has 3 heterocycles. The fourth-order valence-electron chi connectivity index (χ4n) is 2.85. The van der Waals surface area contributed by atoms with E-state index in [0.29, 0.717) is 35.8 Å². The van der Waals surface area contributed by atoms with Gasteiger partial charge in [0.25, 0.3) is 11.1 Å². The monoisotopic (exact) mass is 368 g/mol. The Labute approximate surface area is 145 Å². The lowest BCUT2D eigenvalue weighted by molar-refractivity contribution is -0.139. The summed E-state index contributed by atoms with van der Waals surface area (Å²) < 4.78 is 39.1. The Morgan fingerprint density at radius 1 is 1.31 bits per heavy atom. The van der Waals surface area contributed by atoms with E-state index in [1.54, 1.807) is 6.92 Å². The number of hydrogen-bond donors (Lipinski definition) is 1. The lowest BCUT2D eigenvalue weighted by atomic mass is 10.1. The average molecular weight is 368 g/mol. The van der Waals surface area contributed by atoms with E-state index in [0.717, 1.165) is 10.6 Å². The van der Waals surface area contributed by atoms with Gasteiger partial charge in [-0.3, -0.25) is 14.4 Å². The predicted molar refractivity (Wildman–Crippen MR) is 84.4 cm³/mol.